The second-order valence-electron chi connectivity index (χ2n) is 4.19. The van der Waals surface area contributed by atoms with Gasteiger partial charge in [-0.25, -0.2) is 9.97 Å². The average Bonchev–Trinajstić information content (AvgIpc) is 2.93. The topological polar surface area (TPSA) is 80.0 Å². The lowest BCUT2D eigenvalue weighted by atomic mass is 10.3. The zero-order valence-corrected chi connectivity index (χ0v) is 11.6. The molecule has 0 saturated carbocycles. The molecule has 0 saturated heterocycles. The number of rotatable bonds is 6. The number of aromatic nitrogens is 2. The minimum Gasteiger partial charge on any atom is -0.444 e. The smallest absolute Gasteiger partial charge is 0.270 e. The SMILES string of the molecule is CCNc1cccc(C(=O)NCc2ncc(CC)o2)n1. The molecule has 2 aromatic heterocycles. The van der Waals surface area contributed by atoms with Gasteiger partial charge in [0.15, 0.2) is 0 Å². The fourth-order valence-corrected chi connectivity index (χ4v) is 1.68. The average molecular weight is 274 g/mol. The maximum absolute atomic E-state index is 12.0. The van der Waals surface area contributed by atoms with Crippen LogP contribution in [0.25, 0.3) is 0 Å². The van der Waals surface area contributed by atoms with Crippen molar-refractivity contribution < 1.29 is 9.21 Å². The summed E-state index contributed by atoms with van der Waals surface area (Å²) in [6.07, 6.45) is 2.46. The van der Waals surface area contributed by atoms with Crippen molar-refractivity contribution in [3.63, 3.8) is 0 Å². The van der Waals surface area contributed by atoms with Gasteiger partial charge in [0.05, 0.1) is 12.7 Å². The lowest BCUT2D eigenvalue weighted by molar-refractivity contribution is 0.0942. The minimum absolute atomic E-state index is 0.249. The highest BCUT2D eigenvalue weighted by Gasteiger charge is 2.09. The molecule has 2 heterocycles. The highest BCUT2D eigenvalue weighted by atomic mass is 16.4. The maximum Gasteiger partial charge on any atom is 0.270 e. The molecule has 2 N–H and O–H groups in total. The fraction of sp³-hybridized carbons (Fsp3) is 0.357. The van der Waals surface area contributed by atoms with Crippen LogP contribution in [-0.4, -0.2) is 22.4 Å². The number of amides is 1. The molecule has 0 bridgehead atoms. The van der Waals surface area contributed by atoms with Crippen LogP contribution in [0.3, 0.4) is 0 Å². The first kappa shape index (κ1) is 14.0. The third-order valence-electron chi connectivity index (χ3n) is 2.69. The van der Waals surface area contributed by atoms with Gasteiger partial charge in [-0.2, -0.15) is 0 Å². The summed E-state index contributed by atoms with van der Waals surface area (Å²) in [5.41, 5.74) is 0.366. The van der Waals surface area contributed by atoms with Crippen molar-refractivity contribution in [1.29, 1.82) is 0 Å². The lowest BCUT2D eigenvalue weighted by Crippen LogP contribution is -2.24. The third kappa shape index (κ3) is 3.57. The molecule has 0 aliphatic rings. The summed E-state index contributed by atoms with van der Waals surface area (Å²) in [7, 11) is 0. The first-order chi connectivity index (χ1) is 9.72. The number of anilines is 1. The van der Waals surface area contributed by atoms with E-state index in [1.165, 1.54) is 0 Å². The van der Waals surface area contributed by atoms with Gasteiger partial charge in [-0.3, -0.25) is 4.79 Å². The molecule has 0 aromatic carbocycles. The number of carbonyl (C=O) groups is 1. The molecule has 0 atom stereocenters. The van der Waals surface area contributed by atoms with Gasteiger partial charge < -0.3 is 15.1 Å². The Morgan fingerprint density at radius 1 is 1.35 bits per heavy atom. The van der Waals surface area contributed by atoms with E-state index in [9.17, 15) is 4.79 Å². The summed E-state index contributed by atoms with van der Waals surface area (Å²) >= 11 is 0. The summed E-state index contributed by atoms with van der Waals surface area (Å²) in [6.45, 7) is 4.97. The number of nitrogens with zero attached hydrogens (tertiary/aromatic N) is 2. The van der Waals surface area contributed by atoms with Crippen molar-refractivity contribution >= 4 is 11.7 Å². The van der Waals surface area contributed by atoms with Crippen molar-refractivity contribution in [3.05, 3.63) is 41.7 Å². The van der Waals surface area contributed by atoms with Gasteiger partial charge >= 0.3 is 0 Å². The summed E-state index contributed by atoms with van der Waals surface area (Å²) in [5, 5.41) is 5.80. The molecule has 0 spiro atoms. The predicted molar refractivity (Wildman–Crippen MR) is 75.5 cm³/mol. The molecule has 0 aliphatic carbocycles. The van der Waals surface area contributed by atoms with Crippen molar-refractivity contribution in [2.45, 2.75) is 26.8 Å². The van der Waals surface area contributed by atoms with E-state index in [0.717, 1.165) is 18.7 Å². The van der Waals surface area contributed by atoms with Crippen LogP contribution in [0.2, 0.25) is 0 Å². The molecular weight excluding hydrogens is 256 g/mol. The molecule has 20 heavy (non-hydrogen) atoms. The quantitative estimate of drug-likeness (QED) is 0.842. The van der Waals surface area contributed by atoms with E-state index in [0.29, 0.717) is 17.4 Å². The van der Waals surface area contributed by atoms with Crippen molar-refractivity contribution in [2.24, 2.45) is 0 Å². The molecule has 2 aromatic rings. The van der Waals surface area contributed by atoms with E-state index in [2.05, 4.69) is 20.6 Å². The number of aryl methyl sites for hydroxylation is 1. The van der Waals surface area contributed by atoms with Crippen LogP contribution in [0.15, 0.2) is 28.8 Å². The Bertz CT molecular complexity index is 580. The van der Waals surface area contributed by atoms with Gasteiger partial charge in [0.25, 0.3) is 5.91 Å². The fourth-order valence-electron chi connectivity index (χ4n) is 1.68. The Labute approximate surface area is 117 Å². The lowest BCUT2D eigenvalue weighted by Gasteiger charge is -2.05. The maximum atomic E-state index is 12.0. The van der Waals surface area contributed by atoms with Gasteiger partial charge in [0, 0.05) is 13.0 Å². The molecule has 1 amide bonds. The second-order valence-corrected chi connectivity index (χ2v) is 4.19. The van der Waals surface area contributed by atoms with E-state index in [1.54, 1.807) is 18.3 Å². The van der Waals surface area contributed by atoms with Gasteiger partial charge in [0.1, 0.15) is 17.3 Å². The van der Waals surface area contributed by atoms with Crippen LogP contribution in [-0.2, 0) is 13.0 Å². The van der Waals surface area contributed by atoms with E-state index in [1.807, 2.05) is 19.9 Å². The Morgan fingerprint density at radius 3 is 2.90 bits per heavy atom. The standard InChI is InChI=1S/C14H18N4O2/c1-3-10-8-16-13(20-10)9-17-14(19)11-6-5-7-12(18-11)15-4-2/h5-8H,3-4,9H2,1-2H3,(H,15,18)(H,17,19). The molecule has 2 rings (SSSR count). The van der Waals surface area contributed by atoms with Crippen LogP contribution in [0, 0.1) is 0 Å². The van der Waals surface area contributed by atoms with Crippen LogP contribution in [0.4, 0.5) is 5.82 Å². The summed E-state index contributed by atoms with van der Waals surface area (Å²) in [5.74, 6) is 1.74. The van der Waals surface area contributed by atoms with Crippen molar-refractivity contribution in [2.75, 3.05) is 11.9 Å². The van der Waals surface area contributed by atoms with Crippen molar-refractivity contribution in [1.82, 2.24) is 15.3 Å². The number of nitrogens with one attached hydrogen (secondary N) is 2. The molecule has 0 unspecified atom stereocenters. The highest BCUT2D eigenvalue weighted by Crippen LogP contribution is 2.06. The first-order valence-corrected chi connectivity index (χ1v) is 6.65. The number of hydrogen-bond donors (Lipinski definition) is 2. The summed E-state index contributed by atoms with van der Waals surface area (Å²) in [4.78, 5) is 20.3. The molecule has 0 fully saturated rings. The molecule has 6 heteroatoms. The van der Waals surface area contributed by atoms with Gasteiger partial charge in [-0.15, -0.1) is 0 Å². The number of oxazole rings is 1. The number of hydrogen-bond acceptors (Lipinski definition) is 5. The van der Waals surface area contributed by atoms with E-state index in [4.69, 9.17) is 4.42 Å². The van der Waals surface area contributed by atoms with Crippen molar-refractivity contribution in [3.8, 4) is 0 Å². The number of carbonyl (C=O) groups excluding carboxylic acids is 1. The van der Waals surface area contributed by atoms with Crippen LogP contribution >= 0.6 is 0 Å². The Morgan fingerprint density at radius 2 is 2.20 bits per heavy atom. The Balaban J connectivity index is 1.95. The second kappa shape index (κ2) is 6.70. The van der Waals surface area contributed by atoms with Crippen LogP contribution < -0.4 is 10.6 Å². The monoisotopic (exact) mass is 274 g/mol. The molecule has 0 aliphatic heterocycles. The molecule has 0 radical (unpaired) electrons. The Kier molecular flexibility index (Phi) is 4.70. The molecule has 106 valence electrons. The van der Waals surface area contributed by atoms with Gasteiger partial charge in [-0.1, -0.05) is 13.0 Å². The number of pyridine rings is 1. The largest absolute Gasteiger partial charge is 0.444 e. The summed E-state index contributed by atoms with van der Waals surface area (Å²) in [6, 6.07) is 5.28. The first-order valence-electron chi connectivity index (χ1n) is 6.65. The highest BCUT2D eigenvalue weighted by molar-refractivity contribution is 5.92. The third-order valence-corrected chi connectivity index (χ3v) is 2.69. The van der Waals surface area contributed by atoms with Crippen LogP contribution in [0.5, 0.6) is 0 Å². The van der Waals surface area contributed by atoms with E-state index in [-0.39, 0.29) is 12.5 Å². The Hall–Kier alpha value is -2.37. The predicted octanol–water partition coefficient (Wildman–Crippen LogP) is 1.99. The van der Waals surface area contributed by atoms with Gasteiger partial charge in [-0.05, 0) is 19.1 Å². The molecule has 6 nitrogen and oxygen atoms in total. The zero-order chi connectivity index (χ0) is 14.4. The normalized spacial score (nSPS) is 10.3. The zero-order valence-electron chi connectivity index (χ0n) is 11.6. The van der Waals surface area contributed by atoms with Gasteiger partial charge in [0.2, 0.25) is 5.89 Å². The molecular formula is C14H18N4O2. The summed E-state index contributed by atoms with van der Waals surface area (Å²) < 4.78 is 5.42. The van der Waals surface area contributed by atoms with Crippen LogP contribution in [0.1, 0.15) is 36.0 Å². The minimum atomic E-state index is -0.249. The van der Waals surface area contributed by atoms with E-state index >= 15 is 0 Å². The van der Waals surface area contributed by atoms with E-state index < -0.39 is 0 Å².